The number of rotatable bonds is 6. The second kappa shape index (κ2) is 5.10. The molecule has 1 atom stereocenters. The van der Waals surface area contributed by atoms with Gasteiger partial charge in [0.25, 0.3) is 0 Å². The highest BCUT2D eigenvalue weighted by Crippen LogP contribution is 2.42. The van der Waals surface area contributed by atoms with E-state index < -0.39 is 0 Å². The molecule has 0 radical (unpaired) electrons. The van der Waals surface area contributed by atoms with E-state index in [0.29, 0.717) is 12.0 Å². The van der Waals surface area contributed by atoms with Crippen LogP contribution in [0.15, 0.2) is 0 Å². The number of nitrogens with zero attached hydrogens (tertiary/aromatic N) is 2. The van der Waals surface area contributed by atoms with E-state index in [1.807, 2.05) is 6.92 Å². The van der Waals surface area contributed by atoms with Gasteiger partial charge in [-0.2, -0.15) is 4.37 Å². The Hall–Kier alpha value is -0.680. The van der Waals surface area contributed by atoms with E-state index in [1.54, 1.807) is 0 Å². The molecule has 1 fully saturated rings. The van der Waals surface area contributed by atoms with Crippen molar-refractivity contribution >= 4 is 16.7 Å². The van der Waals surface area contributed by atoms with Crippen molar-refractivity contribution in [3.8, 4) is 0 Å². The molecular weight excluding hydrogens is 222 g/mol. The SMILES string of the molecule is CCOC(c1nsc(NC(C)C)n1)C1CC1. The second-order valence-corrected chi connectivity index (χ2v) is 5.22. The summed E-state index contributed by atoms with van der Waals surface area (Å²) >= 11 is 1.43. The third-order valence-electron chi connectivity index (χ3n) is 2.50. The molecule has 1 aromatic heterocycles. The van der Waals surface area contributed by atoms with Gasteiger partial charge >= 0.3 is 0 Å². The maximum atomic E-state index is 5.72. The molecule has 16 heavy (non-hydrogen) atoms. The molecule has 0 aromatic carbocycles. The number of aromatic nitrogens is 2. The fourth-order valence-electron chi connectivity index (χ4n) is 1.66. The van der Waals surface area contributed by atoms with Crippen LogP contribution in [0, 0.1) is 5.92 Å². The summed E-state index contributed by atoms with van der Waals surface area (Å²) < 4.78 is 10.1. The van der Waals surface area contributed by atoms with Crippen LogP contribution in [0.1, 0.15) is 45.5 Å². The minimum absolute atomic E-state index is 0.115. The van der Waals surface area contributed by atoms with Gasteiger partial charge in [0.2, 0.25) is 5.13 Å². The fourth-order valence-corrected chi connectivity index (χ4v) is 2.40. The van der Waals surface area contributed by atoms with Gasteiger partial charge in [0.15, 0.2) is 5.82 Å². The maximum Gasteiger partial charge on any atom is 0.202 e. The highest BCUT2D eigenvalue weighted by molar-refractivity contribution is 7.09. The monoisotopic (exact) mass is 241 g/mol. The van der Waals surface area contributed by atoms with Crippen molar-refractivity contribution in [1.82, 2.24) is 9.36 Å². The van der Waals surface area contributed by atoms with E-state index in [2.05, 4.69) is 28.5 Å². The zero-order chi connectivity index (χ0) is 11.5. The molecule has 4 nitrogen and oxygen atoms in total. The molecule has 0 spiro atoms. The van der Waals surface area contributed by atoms with Gasteiger partial charge < -0.3 is 10.1 Å². The number of nitrogens with one attached hydrogen (secondary N) is 1. The largest absolute Gasteiger partial charge is 0.370 e. The summed E-state index contributed by atoms with van der Waals surface area (Å²) in [6.07, 6.45) is 2.61. The van der Waals surface area contributed by atoms with Gasteiger partial charge in [0.05, 0.1) is 0 Å². The standard InChI is InChI=1S/C11H19N3OS/c1-4-15-9(8-5-6-8)10-13-11(16-14-10)12-7(2)3/h7-9H,4-6H2,1-3H3,(H,12,13,14). The molecule has 0 aliphatic heterocycles. The van der Waals surface area contributed by atoms with E-state index in [4.69, 9.17) is 4.74 Å². The summed E-state index contributed by atoms with van der Waals surface area (Å²) in [4.78, 5) is 4.50. The lowest BCUT2D eigenvalue weighted by atomic mass is 10.2. The van der Waals surface area contributed by atoms with Crippen LogP contribution in [0.4, 0.5) is 5.13 Å². The van der Waals surface area contributed by atoms with Crippen LogP contribution in [-0.4, -0.2) is 22.0 Å². The lowest BCUT2D eigenvalue weighted by molar-refractivity contribution is 0.0409. The summed E-state index contributed by atoms with van der Waals surface area (Å²) in [6.45, 7) is 6.95. The summed E-state index contributed by atoms with van der Waals surface area (Å²) in [5.41, 5.74) is 0. The van der Waals surface area contributed by atoms with E-state index in [1.165, 1.54) is 24.4 Å². The summed E-state index contributed by atoms with van der Waals surface area (Å²) in [7, 11) is 0. The van der Waals surface area contributed by atoms with Crippen LogP contribution in [0.5, 0.6) is 0 Å². The first-order valence-electron chi connectivity index (χ1n) is 5.92. The normalized spacial score (nSPS) is 17.8. The zero-order valence-corrected chi connectivity index (χ0v) is 10.9. The molecule has 1 aliphatic carbocycles. The van der Waals surface area contributed by atoms with Gasteiger partial charge in [0.1, 0.15) is 6.10 Å². The topological polar surface area (TPSA) is 47.0 Å². The van der Waals surface area contributed by atoms with Crippen molar-refractivity contribution < 1.29 is 4.74 Å². The Morgan fingerprint density at radius 3 is 2.81 bits per heavy atom. The lowest BCUT2D eigenvalue weighted by Crippen LogP contribution is -2.11. The summed E-state index contributed by atoms with van der Waals surface area (Å²) in [5, 5.41) is 4.17. The number of hydrogen-bond donors (Lipinski definition) is 1. The molecule has 90 valence electrons. The van der Waals surface area contributed by atoms with Crippen LogP contribution in [-0.2, 0) is 4.74 Å². The van der Waals surface area contributed by atoms with Crippen molar-refractivity contribution in [3.63, 3.8) is 0 Å². The zero-order valence-electron chi connectivity index (χ0n) is 10.1. The lowest BCUT2D eigenvalue weighted by Gasteiger charge is -2.12. The molecule has 1 aromatic rings. The van der Waals surface area contributed by atoms with Crippen LogP contribution in [0.25, 0.3) is 0 Å². The molecule has 0 amide bonds. The van der Waals surface area contributed by atoms with Gasteiger partial charge in [-0.3, -0.25) is 0 Å². The second-order valence-electron chi connectivity index (χ2n) is 4.47. The van der Waals surface area contributed by atoms with E-state index >= 15 is 0 Å². The summed E-state index contributed by atoms with van der Waals surface area (Å²) in [5.74, 6) is 1.50. The number of ether oxygens (including phenoxy) is 1. The van der Waals surface area contributed by atoms with Crippen LogP contribution in [0.2, 0.25) is 0 Å². The third kappa shape index (κ3) is 2.92. The molecule has 1 aliphatic rings. The maximum absolute atomic E-state index is 5.72. The van der Waals surface area contributed by atoms with Crippen molar-refractivity contribution in [2.75, 3.05) is 11.9 Å². The molecule has 1 heterocycles. The van der Waals surface area contributed by atoms with Crippen molar-refractivity contribution in [3.05, 3.63) is 5.82 Å². The third-order valence-corrected chi connectivity index (χ3v) is 3.17. The first-order valence-corrected chi connectivity index (χ1v) is 6.69. The molecule has 1 unspecified atom stereocenters. The van der Waals surface area contributed by atoms with Gasteiger partial charge in [-0.25, -0.2) is 4.98 Å². The molecule has 2 rings (SSSR count). The molecule has 1 saturated carbocycles. The van der Waals surface area contributed by atoms with Gasteiger partial charge in [0, 0.05) is 24.2 Å². The van der Waals surface area contributed by atoms with Crippen molar-refractivity contribution in [2.24, 2.45) is 5.92 Å². The fraction of sp³-hybridized carbons (Fsp3) is 0.818. The average molecular weight is 241 g/mol. The Morgan fingerprint density at radius 2 is 2.25 bits per heavy atom. The Bertz CT molecular complexity index is 336. The average Bonchev–Trinajstić information content (AvgIpc) is 2.96. The van der Waals surface area contributed by atoms with Crippen molar-refractivity contribution in [2.45, 2.75) is 45.8 Å². The van der Waals surface area contributed by atoms with Crippen molar-refractivity contribution in [1.29, 1.82) is 0 Å². The molecule has 1 N–H and O–H groups in total. The predicted octanol–water partition coefficient (Wildman–Crippen LogP) is 2.85. The van der Waals surface area contributed by atoms with Crippen LogP contribution < -0.4 is 5.32 Å². The summed E-state index contributed by atoms with van der Waals surface area (Å²) in [6, 6.07) is 0.396. The smallest absolute Gasteiger partial charge is 0.202 e. The van der Waals surface area contributed by atoms with Gasteiger partial charge in [-0.05, 0) is 39.5 Å². The van der Waals surface area contributed by atoms with Gasteiger partial charge in [-0.15, -0.1) is 0 Å². The Labute approximate surface area is 101 Å². The Balaban J connectivity index is 2.03. The predicted molar refractivity (Wildman–Crippen MR) is 65.8 cm³/mol. The quantitative estimate of drug-likeness (QED) is 0.832. The van der Waals surface area contributed by atoms with Crippen LogP contribution >= 0.6 is 11.5 Å². The Kier molecular flexibility index (Phi) is 3.76. The highest BCUT2D eigenvalue weighted by Gasteiger charge is 2.35. The van der Waals surface area contributed by atoms with E-state index in [9.17, 15) is 0 Å². The molecule has 5 heteroatoms. The van der Waals surface area contributed by atoms with Crippen LogP contribution in [0.3, 0.4) is 0 Å². The van der Waals surface area contributed by atoms with E-state index in [-0.39, 0.29) is 6.10 Å². The first kappa shape index (κ1) is 11.8. The first-order chi connectivity index (χ1) is 7.70. The molecule has 0 bridgehead atoms. The molecular formula is C11H19N3OS. The van der Waals surface area contributed by atoms with Gasteiger partial charge in [-0.1, -0.05) is 0 Å². The minimum Gasteiger partial charge on any atom is -0.370 e. The Morgan fingerprint density at radius 1 is 1.50 bits per heavy atom. The van der Waals surface area contributed by atoms with E-state index in [0.717, 1.165) is 17.6 Å². The highest BCUT2D eigenvalue weighted by atomic mass is 32.1. The number of hydrogen-bond acceptors (Lipinski definition) is 5. The minimum atomic E-state index is 0.115. The number of anilines is 1. The molecule has 0 saturated heterocycles.